The maximum absolute atomic E-state index is 6.68. The van der Waals surface area contributed by atoms with E-state index in [1.165, 1.54) is 48.5 Å². The average molecular weight is 712 g/mol. The van der Waals surface area contributed by atoms with Crippen LogP contribution in [-0.2, 0) is 0 Å². The molecule has 10 aromatic carbocycles. The topological polar surface area (TPSA) is 43.9 Å². The molecule has 0 amide bonds. The van der Waals surface area contributed by atoms with E-state index in [1.54, 1.807) is 0 Å². The van der Waals surface area contributed by atoms with Crippen LogP contribution in [0.25, 0.3) is 126 Å². The number of furan rings is 1. The average Bonchev–Trinajstić information content (AvgIpc) is 3.82. The van der Waals surface area contributed by atoms with Crippen LogP contribution in [0.5, 0.6) is 0 Å². The van der Waals surface area contributed by atoms with Gasteiger partial charge < -0.3 is 4.42 Å². The predicted octanol–water partition coefficient (Wildman–Crippen LogP) is 14.1. The lowest BCUT2D eigenvalue weighted by Crippen LogP contribution is -2.04. The summed E-state index contributed by atoms with van der Waals surface area (Å²) >= 11 is 0. The second-order valence-electron chi connectivity index (χ2n) is 14.8. The zero-order chi connectivity index (χ0) is 36.5. The molecule has 0 aliphatic rings. The molecule has 0 unspecified atom stereocenters. The summed E-state index contributed by atoms with van der Waals surface area (Å²) in [7, 11) is 0. The predicted molar refractivity (Wildman–Crippen MR) is 234 cm³/mol. The first kappa shape index (κ1) is 29.8. The van der Waals surface area contributed by atoms with Crippen LogP contribution in [0, 0.1) is 0 Å². The van der Waals surface area contributed by atoms with Gasteiger partial charge in [-0.05, 0) is 67.4 Å². The first-order chi connectivity index (χ1) is 27.8. The van der Waals surface area contributed by atoms with E-state index >= 15 is 0 Å². The monoisotopic (exact) mass is 711 g/mol. The fourth-order valence-corrected chi connectivity index (χ4v) is 9.59. The molecule has 0 N–H and O–H groups in total. The smallest absolute Gasteiger partial charge is 0.235 e. The molecule has 13 rings (SSSR count). The van der Waals surface area contributed by atoms with Gasteiger partial charge in [-0.2, -0.15) is 0 Å². The van der Waals surface area contributed by atoms with Gasteiger partial charge in [0.1, 0.15) is 11.2 Å². The minimum atomic E-state index is 0.622. The molecule has 3 heterocycles. The van der Waals surface area contributed by atoms with Gasteiger partial charge in [0.2, 0.25) is 5.95 Å². The lowest BCUT2D eigenvalue weighted by molar-refractivity contribution is 0.670. The van der Waals surface area contributed by atoms with Crippen molar-refractivity contribution in [2.75, 3.05) is 0 Å². The van der Waals surface area contributed by atoms with Gasteiger partial charge in [-0.3, -0.25) is 4.57 Å². The number of aromatic nitrogens is 3. The normalized spacial score (nSPS) is 12.3. The number of benzene rings is 10. The molecule has 0 saturated carbocycles. The van der Waals surface area contributed by atoms with Gasteiger partial charge in [0, 0.05) is 43.3 Å². The molecule has 0 aliphatic carbocycles. The van der Waals surface area contributed by atoms with Crippen LogP contribution in [0.2, 0.25) is 0 Å². The van der Waals surface area contributed by atoms with Gasteiger partial charge in [-0.25, -0.2) is 9.97 Å². The van der Waals surface area contributed by atoms with Crippen molar-refractivity contribution in [3.05, 3.63) is 176 Å². The van der Waals surface area contributed by atoms with Crippen LogP contribution in [0.4, 0.5) is 0 Å². The van der Waals surface area contributed by atoms with E-state index in [2.05, 4.69) is 168 Å². The lowest BCUT2D eigenvalue weighted by Gasteiger charge is -2.15. The minimum Gasteiger partial charge on any atom is -0.455 e. The number of hydrogen-bond acceptors (Lipinski definition) is 3. The van der Waals surface area contributed by atoms with Crippen LogP contribution in [0.15, 0.2) is 180 Å². The summed E-state index contributed by atoms with van der Waals surface area (Å²) in [6.45, 7) is 0. The van der Waals surface area contributed by atoms with Crippen LogP contribution in [-0.4, -0.2) is 14.5 Å². The summed E-state index contributed by atoms with van der Waals surface area (Å²) in [6, 6.07) is 62.9. The zero-order valence-corrected chi connectivity index (χ0v) is 30.0. The summed E-state index contributed by atoms with van der Waals surface area (Å²) < 4.78 is 9.00. The first-order valence-corrected chi connectivity index (χ1v) is 19.1. The van der Waals surface area contributed by atoms with Gasteiger partial charge >= 0.3 is 0 Å². The van der Waals surface area contributed by atoms with E-state index in [4.69, 9.17) is 14.4 Å². The van der Waals surface area contributed by atoms with Crippen molar-refractivity contribution >= 4 is 109 Å². The highest BCUT2D eigenvalue weighted by molar-refractivity contribution is 6.36. The SMILES string of the molecule is c1ccc2c(c1)ccc1nc(-n3c4ccc5c6ccccc6c6ccccc6c5c4c4ccc5ccccc5c43)nc(-c3cccc4c3oc3ccccc34)c12. The minimum absolute atomic E-state index is 0.622. The molecule has 0 saturated heterocycles. The summed E-state index contributed by atoms with van der Waals surface area (Å²) in [6.07, 6.45) is 0. The molecule has 0 aliphatic heterocycles. The number of para-hydroxylation sites is 2. The van der Waals surface area contributed by atoms with E-state index in [0.29, 0.717) is 5.95 Å². The van der Waals surface area contributed by atoms with Crippen LogP contribution < -0.4 is 0 Å². The molecule has 258 valence electrons. The van der Waals surface area contributed by atoms with Crippen molar-refractivity contribution in [2.45, 2.75) is 0 Å². The van der Waals surface area contributed by atoms with E-state index in [-0.39, 0.29) is 0 Å². The van der Waals surface area contributed by atoms with Crippen LogP contribution in [0.3, 0.4) is 0 Å². The third-order valence-corrected chi connectivity index (χ3v) is 12.0. The third-order valence-electron chi connectivity index (χ3n) is 12.0. The Kier molecular flexibility index (Phi) is 5.86. The van der Waals surface area contributed by atoms with E-state index in [9.17, 15) is 0 Å². The van der Waals surface area contributed by atoms with Gasteiger partial charge in [-0.15, -0.1) is 0 Å². The lowest BCUT2D eigenvalue weighted by atomic mass is 9.91. The first-order valence-electron chi connectivity index (χ1n) is 19.1. The number of nitrogens with zero attached hydrogens (tertiary/aromatic N) is 3. The number of fused-ring (bicyclic) bond motifs is 18. The quantitative estimate of drug-likeness (QED) is 0.168. The summed E-state index contributed by atoms with van der Waals surface area (Å²) in [4.78, 5) is 11.2. The van der Waals surface area contributed by atoms with Crippen molar-refractivity contribution in [3.63, 3.8) is 0 Å². The Hall–Kier alpha value is -7.56. The second-order valence-corrected chi connectivity index (χ2v) is 14.8. The molecule has 4 heteroatoms. The number of hydrogen-bond donors (Lipinski definition) is 0. The Morgan fingerprint density at radius 2 is 0.964 bits per heavy atom. The summed E-state index contributed by atoms with van der Waals surface area (Å²) in [5.74, 6) is 0.622. The Balaban J connectivity index is 1.24. The molecule has 56 heavy (non-hydrogen) atoms. The van der Waals surface area contributed by atoms with Crippen LogP contribution >= 0.6 is 0 Å². The molecule has 0 spiro atoms. The van der Waals surface area contributed by atoms with Crippen molar-refractivity contribution in [2.24, 2.45) is 0 Å². The van der Waals surface area contributed by atoms with E-state index < -0.39 is 0 Å². The molecular weight excluding hydrogens is 683 g/mol. The fourth-order valence-electron chi connectivity index (χ4n) is 9.59. The highest BCUT2D eigenvalue weighted by atomic mass is 16.3. The molecule has 13 aromatic rings. The second kappa shape index (κ2) is 11.0. The van der Waals surface area contributed by atoms with Crippen molar-refractivity contribution in [1.29, 1.82) is 0 Å². The maximum Gasteiger partial charge on any atom is 0.235 e. The largest absolute Gasteiger partial charge is 0.455 e. The molecule has 0 bridgehead atoms. The van der Waals surface area contributed by atoms with E-state index in [1.807, 2.05) is 12.1 Å². The van der Waals surface area contributed by atoms with Gasteiger partial charge in [0.05, 0.1) is 22.2 Å². The summed E-state index contributed by atoms with van der Waals surface area (Å²) in [5.41, 5.74) is 6.51. The van der Waals surface area contributed by atoms with Gasteiger partial charge in [-0.1, -0.05) is 152 Å². The Morgan fingerprint density at radius 1 is 0.375 bits per heavy atom. The highest BCUT2D eigenvalue weighted by Gasteiger charge is 2.24. The van der Waals surface area contributed by atoms with E-state index in [0.717, 1.165) is 71.3 Å². The highest BCUT2D eigenvalue weighted by Crippen LogP contribution is 2.46. The molecule has 0 atom stereocenters. The maximum atomic E-state index is 6.68. The Labute approximate surface area is 319 Å². The van der Waals surface area contributed by atoms with Crippen molar-refractivity contribution < 1.29 is 4.42 Å². The zero-order valence-electron chi connectivity index (χ0n) is 30.0. The van der Waals surface area contributed by atoms with Gasteiger partial charge in [0.15, 0.2) is 0 Å². The third kappa shape index (κ3) is 3.92. The molecular formula is C52H29N3O. The Bertz CT molecular complexity index is 3800. The Morgan fingerprint density at radius 3 is 1.77 bits per heavy atom. The van der Waals surface area contributed by atoms with Crippen molar-refractivity contribution in [1.82, 2.24) is 14.5 Å². The van der Waals surface area contributed by atoms with Crippen LogP contribution in [0.1, 0.15) is 0 Å². The summed E-state index contributed by atoms with van der Waals surface area (Å²) in [5, 5.41) is 17.6. The van der Waals surface area contributed by atoms with Crippen molar-refractivity contribution in [3.8, 4) is 17.2 Å². The molecule has 0 fully saturated rings. The number of rotatable bonds is 2. The molecule has 4 nitrogen and oxygen atoms in total. The fraction of sp³-hybridized carbons (Fsp3) is 0. The standard InChI is InChI=1S/C52H29N3O/c1-3-14-32-30(12-1)25-28-43-47(32)49(42-22-11-21-40-37-19-9-10-23-45(37)56-51(40)42)54-52(53-43)55-44-29-27-39-36-18-6-5-16-34(36)35-17-7-8-20-38(35)46(39)48(44)41-26-24-31-13-2-4-15-33(31)50(41)55/h1-29H. The molecule has 3 aromatic heterocycles. The molecule has 0 radical (unpaired) electrons. The van der Waals surface area contributed by atoms with Gasteiger partial charge in [0.25, 0.3) is 0 Å².